The smallest absolute Gasteiger partial charge is 0.338 e. The van der Waals surface area contributed by atoms with Crippen LogP contribution in [-0.2, 0) is 16.1 Å². The van der Waals surface area contributed by atoms with Gasteiger partial charge in [0.15, 0.2) is 6.61 Å². The predicted octanol–water partition coefficient (Wildman–Crippen LogP) is 3.71. The molecule has 0 spiro atoms. The van der Waals surface area contributed by atoms with Crippen LogP contribution in [0.3, 0.4) is 0 Å². The molecule has 3 rings (SSSR count). The lowest BCUT2D eigenvalue weighted by Crippen LogP contribution is -2.11. The number of carbonyl (C=O) groups excluding carboxylic acids is 1. The van der Waals surface area contributed by atoms with Crippen molar-refractivity contribution in [1.82, 2.24) is 10.1 Å². The van der Waals surface area contributed by atoms with E-state index in [9.17, 15) is 14.9 Å². The van der Waals surface area contributed by atoms with E-state index >= 15 is 0 Å². The van der Waals surface area contributed by atoms with Crippen LogP contribution in [0.15, 0.2) is 47.0 Å². The molecule has 0 aliphatic rings. The van der Waals surface area contributed by atoms with Gasteiger partial charge in [-0.05, 0) is 36.4 Å². The molecule has 0 unspecified atom stereocenters. The maximum Gasteiger partial charge on any atom is 0.338 e. The molecular formula is C19H17ClN4O6. The number of nitrogens with zero attached hydrogens (tertiary/aromatic N) is 3. The van der Waals surface area contributed by atoms with Crippen molar-refractivity contribution in [2.45, 2.75) is 6.61 Å². The second kappa shape index (κ2) is 9.81. The van der Waals surface area contributed by atoms with Gasteiger partial charge in [0, 0.05) is 30.3 Å². The standard InChI is InChI=1S/C19H17ClN4O6/c1-28-9-8-21-15-7-4-13(10-16(15)24(26)27)19(25)29-11-17-22-18(23-30-17)12-2-5-14(20)6-3-12/h2-7,10,21H,8-9,11H2,1H3. The van der Waals surface area contributed by atoms with E-state index in [0.717, 1.165) is 6.07 Å². The molecule has 156 valence electrons. The van der Waals surface area contributed by atoms with Crippen LogP contribution >= 0.6 is 11.6 Å². The molecule has 0 aliphatic carbocycles. The number of methoxy groups -OCH3 is 1. The van der Waals surface area contributed by atoms with Gasteiger partial charge in [-0.15, -0.1) is 0 Å². The van der Waals surface area contributed by atoms with Crippen LogP contribution in [-0.4, -0.2) is 41.3 Å². The minimum atomic E-state index is -0.757. The normalized spacial score (nSPS) is 10.6. The van der Waals surface area contributed by atoms with Crippen LogP contribution < -0.4 is 5.32 Å². The molecule has 1 heterocycles. The zero-order chi connectivity index (χ0) is 21.5. The summed E-state index contributed by atoms with van der Waals surface area (Å²) in [6, 6.07) is 10.8. The summed E-state index contributed by atoms with van der Waals surface area (Å²) in [4.78, 5) is 27.2. The summed E-state index contributed by atoms with van der Waals surface area (Å²) < 4.78 is 15.1. The SMILES string of the molecule is COCCNc1ccc(C(=O)OCc2nc(-c3ccc(Cl)cc3)no2)cc1[N+](=O)[O-]. The van der Waals surface area contributed by atoms with Gasteiger partial charge in [0.1, 0.15) is 5.69 Å². The van der Waals surface area contributed by atoms with Crippen molar-refractivity contribution in [3.05, 3.63) is 69.1 Å². The zero-order valence-corrected chi connectivity index (χ0v) is 16.6. The van der Waals surface area contributed by atoms with Crippen LogP contribution in [0, 0.1) is 10.1 Å². The van der Waals surface area contributed by atoms with E-state index in [-0.39, 0.29) is 29.4 Å². The molecule has 1 N–H and O–H groups in total. The number of aromatic nitrogens is 2. The molecule has 0 aliphatic heterocycles. The molecule has 0 saturated heterocycles. The fourth-order valence-electron chi connectivity index (χ4n) is 2.49. The number of nitro groups is 1. The Kier molecular flexibility index (Phi) is 6.94. The lowest BCUT2D eigenvalue weighted by atomic mass is 10.1. The first-order chi connectivity index (χ1) is 14.5. The van der Waals surface area contributed by atoms with E-state index in [1.807, 2.05) is 0 Å². The van der Waals surface area contributed by atoms with Crippen molar-refractivity contribution in [3.63, 3.8) is 0 Å². The number of nitrogens with one attached hydrogen (secondary N) is 1. The maximum atomic E-state index is 12.3. The van der Waals surface area contributed by atoms with Crippen LogP contribution in [0.25, 0.3) is 11.4 Å². The van der Waals surface area contributed by atoms with Crippen molar-refractivity contribution in [3.8, 4) is 11.4 Å². The first kappa shape index (κ1) is 21.2. The van der Waals surface area contributed by atoms with Gasteiger partial charge in [-0.1, -0.05) is 16.8 Å². The van der Waals surface area contributed by atoms with Crippen molar-refractivity contribution < 1.29 is 23.7 Å². The second-order valence-corrected chi connectivity index (χ2v) is 6.44. The number of anilines is 1. The average molecular weight is 433 g/mol. The van der Waals surface area contributed by atoms with E-state index in [2.05, 4.69) is 15.5 Å². The first-order valence-corrected chi connectivity index (χ1v) is 9.12. The third kappa shape index (κ3) is 5.31. The lowest BCUT2D eigenvalue weighted by molar-refractivity contribution is -0.384. The molecular weight excluding hydrogens is 416 g/mol. The molecule has 11 heteroatoms. The van der Waals surface area contributed by atoms with E-state index in [1.165, 1.54) is 19.2 Å². The Morgan fingerprint density at radius 2 is 2.03 bits per heavy atom. The van der Waals surface area contributed by atoms with Gasteiger partial charge in [-0.25, -0.2) is 4.79 Å². The fraction of sp³-hybridized carbons (Fsp3) is 0.211. The molecule has 30 heavy (non-hydrogen) atoms. The summed E-state index contributed by atoms with van der Waals surface area (Å²) in [5.74, 6) is -0.353. The summed E-state index contributed by atoms with van der Waals surface area (Å²) in [5, 5.41) is 18.6. The van der Waals surface area contributed by atoms with E-state index < -0.39 is 10.9 Å². The van der Waals surface area contributed by atoms with Gasteiger partial charge in [0.25, 0.3) is 11.6 Å². The summed E-state index contributed by atoms with van der Waals surface area (Å²) in [6.07, 6.45) is 0. The number of ether oxygens (including phenoxy) is 2. The Morgan fingerprint density at radius 1 is 1.27 bits per heavy atom. The molecule has 0 amide bonds. The van der Waals surface area contributed by atoms with E-state index in [4.69, 9.17) is 25.6 Å². The average Bonchev–Trinajstić information content (AvgIpc) is 3.22. The van der Waals surface area contributed by atoms with Gasteiger partial charge < -0.3 is 19.3 Å². The number of esters is 1. The molecule has 0 bridgehead atoms. The maximum absolute atomic E-state index is 12.3. The molecule has 0 atom stereocenters. The number of hydrogen-bond donors (Lipinski definition) is 1. The largest absolute Gasteiger partial charge is 0.452 e. The summed E-state index contributed by atoms with van der Waals surface area (Å²) in [5.41, 5.74) is 0.742. The summed E-state index contributed by atoms with van der Waals surface area (Å²) >= 11 is 5.85. The van der Waals surface area contributed by atoms with Gasteiger partial charge in [0.05, 0.1) is 17.1 Å². The number of hydrogen-bond acceptors (Lipinski definition) is 9. The number of halogens is 1. The van der Waals surface area contributed by atoms with Crippen molar-refractivity contribution in [2.75, 3.05) is 25.6 Å². The number of benzene rings is 2. The number of nitro benzene ring substituents is 1. The Morgan fingerprint density at radius 3 is 2.73 bits per heavy atom. The topological polar surface area (TPSA) is 130 Å². The fourth-order valence-corrected chi connectivity index (χ4v) is 2.61. The quantitative estimate of drug-likeness (QED) is 0.232. The first-order valence-electron chi connectivity index (χ1n) is 8.75. The minimum absolute atomic E-state index is 0.0245. The third-order valence-corrected chi connectivity index (χ3v) is 4.20. The number of carbonyl (C=O) groups is 1. The third-order valence-electron chi connectivity index (χ3n) is 3.95. The molecule has 3 aromatic rings. The van der Waals surface area contributed by atoms with Crippen LogP contribution in [0.2, 0.25) is 5.02 Å². The second-order valence-electron chi connectivity index (χ2n) is 6.00. The Bertz CT molecular complexity index is 1040. The Hall–Kier alpha value is -3.50. The van der Waals surface area contributed by atoms with Gasteiger partial charge in [-0.2, -0.15) is 4.98 Å². The Labute approximate surface area is 175 Å². The van der Waals surface area contributed by atoms with Crippen LogP contribution in [0.5, 0.6) is 0 Å². The zero-order valence-electron chi connectivity index (χ0n) is 15.8. The van der Waals surface area contributed by atoms with Gasteiger partial charge >= 0.3 is 5.97 Å². The molecule has 1 aromatic heterocycles. The lowest BCUT2D eigenvalue weighted by Gasteiger charge is -2.08. The highest BCUT2D eigenvalue weighted by Gasteiger charge is 2.19. The van der Waals surface area contributed by atoms with Crippen molar-refractivity contribution >= 4 is 28.9 Å². The summed E-state index contributed by atoms with van der Waals surface area (Å²) in [7, 11) is 1.52. The van der Waals surface area contributed by atoms with Crippen molar-refractivity contribution in [1.29, 1.82) is 0 Å². The highest BCUT2D eigenvalue weighted by atomic mass is 35.5. The van der Waals surface area contributed by atoms with E-state index in [0.29, 0.717) is 29.6 Å². The minimum Gasteiger partial charge on any atom is -0.452 e. The highest BCUT2D eigenvalue weighted by molar-refractivity contribution is 6.30. The summed E-state index contributed by atoms with van der Waals surface area (Å²) in [6.45, 7) is 0.485. The van der Waals surface area contributed by atoms with Crippen LogP contribution in [0.4, 0.5) is 11.4 Å². The molecule has 0 saturated carbocycles. The number of rotatable bonds is 9. The van der Waals surface area contributed by atoms with Crippen molar-refractivity contribution in [2.24, 2.45) is 0 Å². The predicted molar refractivity (Wildman–Crippen MR) is 107 cm³/mol. The monoisotopic (exact) mass is 432 g/mol. The van der Waals surface area contributed by atoms with Gasteiger partial charge in [-0.3, -0.25) is 10.1 Å². The Balaban J connectivity index is 1.65. The highest BCUT2D eigenvalue weighted by Crippen LogP contribution is 2.26. The van der Waals surface area contributed by atoms with Gasteiger partial charge in [0.2, 0.25) is 5.82 Å². The molecule has 0 fully saturated rings. The van der Waals surface area contributed by atoms with E-state index in [1.54, 1.807) is 24.3 Å². The molecule has 2 aromatic carbocycles. The molecule has 10 nitrogen and oxygen atoms in total. The molecule has 0 radical (unpaired) electrons. The van der Waals surface area contributed by atoms with Crippen LogP contribution in [0.1, 0.15) is 16.2 Å².